The number of aliphatic imine (C=N–C) groups is 1. The van der Waals surface area contributed by atoms with Crippen LogP contribution < -0.4 is 10.6 Å². The van der Waals surface area contributed by atoms with Crippen molar-refractivity contribution in [1.29, 1.82) is 0 Å². The molecule has 5 nitrogen and oxygen atoms in total. The summed E-state index contributed by atoms with van der Waals surface area (Å²) in [5.41, 5.74) is 6.87. The number of hydrogen-bond donors (Lipinski definition) is 1. The molecule has 1 aliphatic heterocycles. The van der Waals surface area contributed by atoms with Crippen LogP contribution in [-0.4, -0.2) is 42.0 Å². The molecule has 0 unspecified atom stereocenters. The molecule has 1 aromatic carbocycles. The van der Waals surface area contributed by atoms with Crippen molar-refractivity contribution in [3.05, 3.63) is 45.6 Å². The van der Waals surface area contributed by atoms with E-state index in [-0.39, 0.29) is 29.8 Å². The summed E-state index contributed by atoms with van der Waals surface area (Å²) < 4.78 is 14.1. The monoisotopic (exact) mass is 525 g/mol. The van der Waals surface area contributed by atoms with Gasteiger partial charge in [-0.1, -0.05) is 15.9 Å². The van der Waals surface area contributed by atoms with Gasteiger partial charge in [-0.2, -0.15) is 0 Å². The second-order valence-electron chi connectivity index (χ2n) is 5.20. The predicted molar refractivity (Wildman–Crippen MR) is 111 cm³/mol. The molecule has 0 atom stereocenters. The summed E-state index contributed by atoms with van der Waals surface area (Å²) in [4.78, 5) is 13.0. The number of anilines is 1. The van der Waals surface area contributed by atoms with E-state index in [1.165, 1.54) is 12.1 Å². The van der Waals surface area contributed by atoms with Crippen LogP contribution in [0.15, 0.2) is 39.2 Å². The van der Waals surface area contributed by atoms with Crippen molar-refractivity contribution < 1.29 is 4.39 Å². The Kier molecular flexibility index (Phi) is 7.23. The lowest BCUT2D eigenvalue weighted by molar-refractivity contribution is 0.380. The maximum absolute atomic E-state index is 13.3. The zero-order valence-electron chi connectivity index (χ0n) is 12.9. The van der Waals surface area contributed by atoms with Crippen LogP contribution in [0.5, 0.6) is 0 Å². The molecule has 0 amide bonds. The number of halogens is 3. The molecule has 0 aliphatic carbocycles. The molecule has 2 aromatic rings. The van der Waals surface area contributed by atoms with E-state index in [9.17, 15) is 4.39 Å². The maximum Gasteiger partial charge on any atom is 0.191 e. The molecule has 0 bridgehead atoms. The van der Waals surface area contributed by atoms with Crippen molar-refractivity contribution in [3.8, 4) is 0 Å². The van der Waals surface area contributed by atoms with Gasteiger partial charge in [-0.25, -0.2) is 14.4 Å². The number of thiazole rings is 1. The molecule has 2 N–H and O–H groups in total. The van der Waals surface area contributed by atoms with Crippen molar-refractivity contribution in [2.45, 2.75) is 6.54 Å². The van der Waals surface area contributed by atoms with Crippen LogP contribution in [0.25, 0.3) is 0 Å². The number of aromatic nitrogens is 1. The van der Waals surface area contributed by atoms with E-state index in [0.717, 1.165) is 41.3 Å². The minimum absolute atomic E-state index is 0. The summed E-state index contributed by atoms with van der Waals surface area (Å²) in [6.45, 7) is 3.70. The van der Waals surface area contributed by atoms with E-state index in [1.54, 1.807) is 17.4 Å². The number of rotatable bonds is 3. The van der Waals surface area contributed by atoms with Crippen LogP contribution in [0.3, 0.4) is 0 Å². The lowest BCUT2D eigenvalue weighted by Gasteiger charge is -2.35. The Hall–Kier alpha value is -0.940. The number of guanidine groups is 1. The van der Waals surface area contributed by atoms with Crippen LogP contribution >= 0.6 is 51.2 Å². The number of hydrogen-bond acceptors (Lipinski definition) is 4. The van der Waals surface area contributed by atoms with Gasteiger partial charge in [-0.15, -0.1) is 35.3 Å². The van der Waals surface area contributed by atoms with Gasteiger partial charge in [0.05, 0.1) is 6.54 Å². The second kappa shape index (κ2) is 8.95. The Morgan fingerprint density at radius 1 is 1.33 bits per heavy atom. The quantitative estimate of drug-likeness (QED) is 0.379. The Morgan fingerprint density at radius 2 is 2.08 bits per heavy atom. The van der Waals surface area contributed by atoms with E-state index in [4.69, 9.17) is 5.73 Å². The van der Waals surface area contributed by atoms with Crippen molar-refractivity contribution in [1.82, 2.24) is 9.88 Å². The molecule has 0 saturated carbocycles. The zero-order chi connectivity index (χ0) is 16.2. The highest BCUT2D eigenvalue weighted by Crippen LogP contribution is 2.20. The van der Waals surface area contributed by atoms with Gasteiger partial charge >= 0.3 is 0 Å². The fourth-order valence-electron chi connectivity index (χ4n) is 2.43. The second-order valence-corrected chi connectivity index (χ2v) is 6.93. The first-order chi connectivity index (χ1) is 11.1. The maximum atomic E-state index is 13.3. The first kappa shape index (κ1) is 19.4. The summed E-state index contributed by atoms with van der Waals surface area (Å²) >= 11 is 5.05. The summed E-state index contributed by atoms with van der Waals surface area (Å²) in [6, 6.07) is 4.57. The van der Waals surface area contributed by atoms with Gasteiger partial charge in [0, 0.05) is 42.2 Å². The standard InChI is InChI=1S/C15H17BrFN5S.HI/c16-13-2-1-12(17)9-11(13)10-20-14(18)21-4-6-22(7-5-21)15-19-3-8-23-15;/h1-3,8-9H,4-7,10H2,(H2,18,20);1H. The van der Waals surface area contributed by atoms with E-state index < -0.39 is 0 Å². The molecule has 0 radical (unpaired) electrons. The third kappa shape index (κ3) is 4.79. The minimum Gasteiger partial charge on any atom is -0.370 e. The van der Waals surface area contributed by atoms with E-state index in [2.05, 4.69) is 35.7 Å². The SMILES string of the molecule is I.NC(=NCc1cc(F)ccc1Br)N1CCN(c2nccs2)CC1. The molecule has 2 heterocycles. The Bertz CT molecular complexity index is 689. The van der Waals surface area contributed by atoms with Crippen LogP contribution in [-0.2, 0) is 6.54 Å². The van der Waals surface area contributed by atoms with E-state index in [1.807, 2.05) is 11.6 Å². The average Bonchev–Trinajstić information content (AvgIpc) is 3.10. The Labute approximate surface area is 169 Å². The topological polar surface area (TPSA) is 57.8 Å². The number of nitrogens with zero attached hydrogens (tertiary/aromatic N) is 4. The van der Waals surface area contributed by atoms with Crippen LogP contribution in [0, 0.1) is 5.82 Å². The normalized spacial score (nSPS) is 15.3. The van der Waals surface area contributed by atoms with Crippen molar-refractivity contribution in [2.75, 3.05) is 31.1 Å². The van der Waals surface area contributed by atoms with Crippen molar-refractivity contribution in [2.24, 2.45) is 10.7 Å². The van der Waals surface area contributed by atoms with Gasteiger partial charge in [0.15, 0.2) is 11.1 Å². The highest BCUT2D eigenvalue weighted by molar-refractivity contribution is 14.0. The minimum atomic E-state index is -0.269. The Morgan fingerprint density at radius 3 is 2.75 bits per heavy atom. The van der Waals surface area contributed by atoms with E-state index >= 15 is 0 Å². The molecule has 1 saturated heterocycles. The number of benzene rings is 1. The first-order valence-corrected chi connectivity index (χ1v) is 8.94. The smallest absolute Gasteiger partial charge is 0.191 e. The average molecular weight is 526 g/mol. The summed E-state index contributed by atoms with van der Waals surface area (Å²) in [5.74, 6) is 0.231. The van der Waals surface area contributed by atoms with E-state index in [0.29, 0.717) is 12.5 Å². The van der Waals surface area contributed by atoms with Gasteiger partial charge < -0.3 is 15.5 Å². The predicted octanol–water partition coefficient (Wildman–Crippen LogP) is 3.30. The molecule has 24 heavy (non-hydrogen) atoms. The third-order valence-corrected chi connectivity index (χ3v) is 5.32. The lowest BCUT2D eigenvalue weighted by atomic mass is 10.2. The van der Waals surface area contributed by atoms with Crippen molar-refractivity contribution >= 4 is 62.3 Å². The molecular formula is C15H18BrFIN5S. The lowest BCUT2D eigenvalue weighted by Crippen LogP contribution is -2.51. The highest BCUT2D eigenvalue weighted by atomic mass is 127. The van der Waals surface area contributed by atoms with Gasteiger partial charge in [-0.05, 0) is 23.8 Å². The highest BCUT2D eigenvalue weighted by Gasteiger charge is 2.19. The number of piperazine rings is 1. The summed E-state index contributed by atoms with van der Waals surface area (Å²) in [5, 5.41) is 3.03. The fraction of sp³-hybridized carbons (Fsp3) is 0.333. The molecule has 1 aliphatic rings. The molecule has 1 fully saturated rings. The van der Waals surface area contributed by atoms with Crippen LogP contribution in [0.2, 0.25) is 0 Å². The molecule has 0 spiro atoms. The third-order valence-electron chi connectivity index (χ3n) is 3.71. The van der Waals surface area contributed by atoms with Crippen LogP contribution in [0.4, 0.5) is 9.52 Å². The largest absolute Gasteiger partial charge is 0.370 e. The van der Waals surface area contributed by atoms with Crippen molar-refractivity contribution in [3.63, 3.8) is 0 Å². The number of nitrogens with two attached hydrogens (primary N) is 1. The first-order valence-electron chi connectivity index (χ1n) is 7.27. The van der Waals surface area contributed by atoms with Gasteiger partial charge in [0.25, 0.3) is 0 Å². The fourth-order valence-corrected chi connectivity index (χ4v) is 3.50. The van der Waals surface area contributed by atoms with Gasteiger partial charge in [0.1, 0.15) is 5.82 Å². The molecule has 3 rings (SSSR count). The Balaban J connectivity index is 0.00000208. The molecule has 1 aromatic heterocycles. The summed E-state index contributed by atoms with van der Waals surface area (Å²) in [6.07, 6.45) is 1.82. The zero-order valence-corrected chi connectivity index (χ0v) is 17.6. The van der Waals surface area contributed by atoms with Crippen LogP contribution in [0.1, 0.15) is 5.56 Å². The molecular weight excluding hydrogens is 508 g/mol. The van der Waals surface area contributed by atoms with Gasteiger partial charge in [0.2, 0.25) is 0 Å². The summed E-state index contributed by atoms with van der Waals surface area (Å²) in [7, 11) is 0. The molecule has 130 valence electrons. The molecule has 9 heteroatoms. The van der Waals surface area contributed by atoms with Gasteiger partial charge in [-0.3, -0.25) is 0 Å².